The summed E-state index contributed by atoms with van der Waals surface area (Å²) in [6.07, 6.45) is 0.270. The monoisotopic (exact) mass is 192 g/mol. The van der Waals surface area contributed by atoms with Crippen LogP contribution in [0, 0.1) is 0 Å². The molecule has 4 heteroatoms. The number of thioether (sulfide) groups is 1. The maximum atomic E-state index is 5.30. The Balaban J connectivity index is 2.12. The lowest BCUT2D eigenvalue weighted by Crippen LogP contribution is -2.23. The molecule has 1 heterocycles. The normalized spacial score (nSPS) is 29.5. The Morgan fingerprint density at radius 1 is 1.42 bits per heavy atom. The van der Waals surface area contributed by atoms with E-state index in [1.54, 1.807) is 14.2 Å². The van der Waals surface area contributed by atoms with Crippen molar-refractivity contribution in [2.75, 3.05) is 39.8 Å². The van der Waals surface area contributed by atoms with Gasteiger partial charge in [-0.2, -0.15) is 11.8 Å². The predicted octanol–water partition coefficient (Wildman–Crippen LogP) is 0.780. The number of rotatable bonds is 5. The molecule has 1 saturated heterocycles. The molecular weight excluding hydrogens is 176 g/mol. The fraction of sp³-hybridized carbons (Fsp3) is 1.00. The number of ether oxygens (including phenoxy) is 3. The topological polar surface area (TPSA) is 27.7 Å². The van der Waals surface area contributed by atoms with Crippen LogP contribution < -0.4 is 0 Å². The minimum atomic E-state index is 0.270. The van der Waals surface area contributed by atoms with E-state index in [9.17, 15) is 0 Å². The van der Waals surface area contributed by atoms with E-state index in [0.29, 0.717) is 5.25 Å². The van der Waals surface area contributed by atoms with Crippen molar-refractivity contribution in [1.82, 2.24) is 0 Å². The van der Waals surface area contributed by atoms with Gasteiger partial charge in [-0.3, -0.25) is 0 Å². The average molecular weight is 192 g/mol. The Bertz CT molecular complexity index is 121. The minimum absolute atomic E-state index is 0.270. The van der Waals surface area contributed by atoms with Crippen molar-refractivity contribution in [1.29, 1.82) is 0 Å². The highest BCUT2D eigenvalue weighted by molar-refractivity contribution is 8.00. The molecule has 0 N–H and O–H groups in total. The van der Waals surface area contributed by atoms with Crippen molar-refractivity contribution in [2.45, 2.75) is 11.4 Å². The number of methoxy groups -OCH3 is 2. The van der Waals surface area contributed by atoms with Crippen LogP contribution in [-0.2, 0) is 14.2 Å². The van der Waals surface area contributed by atoms with Crippen molar-refractivity contribution < 1.29 is 14.2 Å². The molecule has 12 heavy (non-hydrogen) atoms. The first-order valence-corrected chi connectivity index (χ1v) is 5.14. The minimum Gasteiger partial charge on any atom is -0.384 e. The lowest BCUT2D eigenvalue weighted by molar-refractivity contribution is 0.0835. The third-order valence-electron chi connectivity index (χ3n) is 1.90. The summed E-state index contributed by atoms with van der Waals surface area (Å²) in [6, 6.07) is 0. The van der Waals surface area contributed by atoms with E-state index in [0.717, 1.165) is 25.6 Å². The van der Waals surface area contributed by atoms with Crippen LogP contribution in [0.25, 0.3) is 0 Å². The van der Waals surface area contributed by atoms with E-state index in [1.165, 1.54) is 0 Å². The highest BCUT2D eigenvalue weighted by Crippen LogP contribution is 2.22. The summed E-state index contributed by atoms with van der Waals surface area (Å²) in [5.41, 5.74) is 0. The molecule has 1 aliphatic heterocycles. The van der Waals surface area contributed by atoms with E-state index in [-0.39, 0.29) is 6.10 Å². The molecule has 1 rings (SSSR count). The largest absolute Gasteiger partial charge is 0.384 e. The van der Waals surface area contributed by atoms with Gasteiger partial charge in [0.05, 0.1) is 31.2 Å². The van der Waals surface area contributed by atoms with Crippen LogP contribution in [0.15, 0.2) is 0 Å². The van der Waals surface area contributed by atoms with Crippen molar-refractivity contribution in [3.8, 4) is 0 Å². The molecular formula is C8H16O3S. The molecule has 3 nitrogen and oxygen atoms in total. The van der Waals surface area contributed by atoms with Crippen molar-refractivity contribution in [2.24, 2.45) is 0 Å². The Hall–Kier alpha value is 0.230. The molecule has 2 unspecified atom stereocenters. The molecule has 1 aliphatic rings. The molecule has 0 saturated carbocycles. The number of hydrogen-bond acceptors (Lipinski definition) is 4. The molecule has 72 valence electrons. The summed E-state index contributed by atoms with van der Waals surface area (Å²) in [7, 11) is 3.46. The first-order valence-electron chi connectivity index (χ1n) is 4.09. The molecule has 0 radical (unpaired) electrons. The van der Waals surface area contributed by atoms with E-state index >= 15 is 0 Å². The summed E-state index contributed by atoms with van der Waals surface area (Å²) < 4.78 is 15.5. The second-order valence-corrected chi connectivity index (χ2v) is 4.06. The van der Waals surface area contributed by atoms with Gasteiger partial charge >= 0.3 is 0 Å². The molecule has 0 aromatic heterocycles. The van der Waals surface area contributed by atoms with Crippen molar-refractivity contribution >= 4 is 11.8 Å². The van der Waals surface area contributed by atoms with Gasteiger partial charge in [-0.05, 0) is 0 Å². The van der Waals surface area contributed by atoms with Gasteiger partial charge < -0.3 is 14.2 Å². The Morgan fingerprint density at radius 3 is 2.92 bits per heavy atom. The highest BCUT2D eigenvalue weighted by Gasteiger charge is 2.27. The molecule has 0 aromatic rings. The SMILES string of the molecule is COCCSC1COCC1OC. The van der Waals surface area contributed by atoms with Gasteiger partial charge in [0.1, 0.15) is 0 Å². The van der Waals surface area contributed by atoms with Gasteiger partial charge in [-0.15, -0.1) is 0 Å². The molecule has 0 aromatic carbocycles. The molecule has 0 aliphatic carbocycles. The van der Waals surface area contributed by atoms with Crippen LogP contribution >= 0.6 is 11.8 Å². The quantitative estimate of drug-likeness (QED) is 0.602. The number of hydrogen-bond donors (Lipinski definition) is 0. The van der Waals surface area contributed by atoms with Crippen LogP contribution in [0.4, 0.5) is 0 Å². The molecule has 0 amide bonds. The smallest absolute Gasteiger partial charge is 0.0945 e. The van der Waals surface area contributed by atoms with Gasteiger partial charge in [0.2, 0.25) is 0 Å². The van der Waals surface area contributed by atoms with Gasteiger partial charge in [-0.1, -0.05) is 0 Å². The Labute approximate surface area is 77.8 Å². The molecule has 0 spiro atoms. The van der Waals surface area contributed by atoms with Gasteiger partial charge in [0.25, 0.3) is 0 Å². The standard InChI is InChI=1S/C8H16O3S/c1-9-3-4-12-8-6-11-5-7(8)10-2/h7-8H,3-6H2,1-2H3. The first kappa shape index (κ1) is 10.3. The maximum Gasteiger partial charge on any atom is 0.0945 e. The molecule has 0 bridgehead atoms. The van der Waals surface area contributed by atoms with E-state index in [2.05, 4.69) is 0 Å². The van der Waals surface area contributed by atoms with Gasteiger partial charge in [0.15, 0.2) is 0 Å². The van der Waals surface area contributed by atoms with Crippen LogP contribution in [0.5, 0.6) is 0 Å². The summed E-state index contributed by atoms with van der Waals surface area (Å²) in [5, 5.41) is 0.491. The second kappa shape index (κ2) is 5.80. The van der Waals surface area contributed by atoms with E-state index < -0.39 is 0 Å². The lowest BCUT2D eigenvalue weighted by atomic mass is 10.3. The third kappa shape index (κ3) is 2.94. The van der Waals surface area contributed by atoms with E-state index in [1.807, 2.05) is 11.8 Å². The summed E-state index contributed by atoms with van der Waals surface area (Å²) in [6.45, 7) is 2.35. The Morgan fingerprint density at radius 2 is 2.25 bits per heavy atom. The van der Waals surface area contributed by atoms with E-state index in [4.69, 9.17) is 14.2 Å². The van der Waals surface area contributed by atoms with Crippen molar-refractivity contribution in [3.05, 3.63) is 0 Å². The fourth-order valence-electron chi connectivity index (χ4n) is 1.17. The lowest BCUT2D eigenvalue weighted by Gasteiger charge is -2.14. The Kier molecular flexibility index (Phi) is 4.99. The molecule has 1 fully saturated rings. The molecule has 2 atom stereocenters. The van der Waals surface area contributed by atoms with Crippen LogP contribution in [0.3, 0.4) is 0 Å². The highest BCUT2D eigenvalue weighted by atomic mass is 32.2. The summed E-state index contributed by atoms with van der Waals surface area (Å²) in [4.78, 5) is 0. The fourth-order valence-corrected chi connectivity index (χ4v) is 2.34. The van der Waals surface area contributed by atoms with Crippen LogP contribution in [0.1, 0.15) is 0 Å². The average Bonchev–Trinajstić information content (AvgIpc) is 2.52. The zero-order chi connectivity index (χ0) is 8.81. The first-order chi connectivity index (χ1) is 5.88. The van der Waals surface area contributed by atoms with Crippen molar-refractivity contribution in [3.63, 3.8) is 0 Å². The van der Waals surface area contributed by atoms with Gasteiger partial charge in [0, 0.05) is 20.0 Å². The van der Waals surface area contributed by atoms with Crippen LogP contribution in [-0.4, -0.2) is 51.1 Å². The zero-order valence-electron chi connectivity index (χ0n) is 7.62. The zero-order valence-corrected chi connectivity index (χ0v) is 8.43. The van der Waals surface area contributed by atoms with Gasteiger partial charge in [-0.25, -0.2) is 0 Å². The van der Waals surface area contributed by atoms with Crippen LogP contribution in [0.2, 0.25) is 0 Å². The second-order valence-electron chi connectivity index (χ2n) is 2.71. The summed E-state index contributed by atoms with van der Waals surface area (Å²) in [5.74, 6) is 1.02. The maximum absolute atomic E-state index is 5.30. The third-order valence-corrected chi connectivity index (χ3v) is 3.17. The summed E-state index contributed by atoms with van der Waals surface area (Å²) >= 11 is 1.87. The predicted molar refractivity (Wildman–Crippen MR) is 49.7 cm³/mol.